The van der Waals surface area contributed by atoms with Gasteiger partial charge in [0, 0.05) is 6.42 Å². The Hall–Kier alpha value is -2.45. The Balaban J connectivity index is 2.60. The predicted molar refractivity (Wildman–Crippen MR) is 60.4 cm³/mol. The van der Waals surface area contributed by atoms with Gasteiger partial charge in [0.15, 0.2) is 0 Å². The quantitative estimate of drug-likeness (QED) is 0.928. The number of primary amides is 1. The normalized spacial score (nSPS) is 11.6. The summed E-state index contributed by atoms with van der Waals surface area (Å²) in [6, 6.07) is 1.60. The summed E-state index contributed by atoms with van der Waals surface area (Å²) < 4.78 is 43.0. The Bertz CT molecular complexity index is 651. The maximum atomic E-state index is 12.6. The van der Waals surface area contributed by atoms with Crippen molar-refractivity contribution >= 4 is 5.91 Å². The molecule has 1 amide bonds. The van der Waals surface area contributed by atoms with E-state index in [-0.39, 0.29) is 23.0 Å². The minimum absolute atomic E-state index is 0.217. The van der Waals surface area contributed by atoms with Crippen molar-refractivity contribution in [3.8, 4) is 11.6 Å². The minimum atomic E-state index is -4.65. The van der Waals surface area contributed by atoms with Gasteiger partial charge >= 0.3 is 6.18 Å². The first-order valence-corrected chi connectivity index (χ1v) is 5.53. The molecule has 0 bridgehead atoms. The van der Waals surface area contributed by atoms with Crippen LogP contribution in [0.5, 0.6) is 0 Å². The van der Waals surface area contributed by atoms with Crippen molar-refractivity contribution in [2.45, 2.75) is 19.5 Å². The maximum Gasteiger partial charge on any atom is 0.433 e. The number of aromatic nitrogens is 3. The van der Waals surface area contributed by atoms with Crippen LogP contribution in [0.1, 0.15) is 28.9 Å². The largest absolute Gasteiger partial charge is 0.433 e. The molecule has 106 valence electrons. The zero-order valence-corrected chi connectivity index (χ0v) is 10.2. The molecule has 0 spiro atoms. The number of carbonyl (C=O) groups excluding carboxylic acids is 1. The number of aryl methyl sites for hydroxylation is 1. The lowest BCUT2D eigenvalue weighted by atomic mass is 10.1. The van der Waals surface area contributed by atoms with Gasteiger partial charge in [0.05, 0.1) is 5.56 Å². The molecule has 2 heterocycles. The molecule has 0 radical (unpaired) electrons. The molecular weight excluding hydrogens is 277 g/mol. The van der Waals surface area contributed by atoms with Crippen LogP contribution in [0.4, 0.5) is 13.2 Å². The van der Waals surface area contributed by atoms with Crippen LogP contribution < -0.4 is 5.73 Å². The number of hydrogen-bond acceptors (Lipinski definition) is 5. The fourth-order valence-corrected chi connectivity index (χ4v) is 1.47. The van der Waals surface area contributed by atoms with E-state index in [2.05, 4.69) is 15.2 Å². The van der Waals surface area contributed by atoms with Crippen LogP contribution in [0.3, 0.4) is 0 Å². The van der Waals surface area contributed by atoms with Crippen molar-refractivity contribution in [1.29, 1.82) is 0 Å². The van der Waals surface area contributed by atoms with Gasteiger partial charge in [-0.15, -0.1) is 10.2 Å². The highest BCUT2D eigenvalue weighted by atomic mass is 19.4. The molecule has 6 nitrogen and oxygen atoms in total. The molecule has 0 aromatic carbocycles. The number of pyridine rings is 1. The Labute approximate surface area is 110 Å². The second-order valence-corrected chi connectivity index (χ2v) is 3.81. The number of alkyl halides is 3. The van der Waals surface area contributed by atoms with Gasteiger partial charge in [0.2, 0.25) is 5.89 Å². The molecule has 2 aromatic rings. The Morgan fingerprint density at radius 3 is 2.55 bits per heavy atom. The molecule has 0 saturated heterocycles. The van der Waals surface area contributed by atoms with Gasteiger partial charge in [-0.25, -0.2) is 4.98 Å². The molecule has 2 N–H and O–H groups in total. The third kappa shape index (κ3) is 2.60. The van der Waals surface area contributed by atoms with E-state index < -0.39 is 17.8 Å². The summed E-state index contributed by atoms with van der Waals surface area (Å²) in [7, 11) is 0. The number of nitrogens with zero attached hydrogens (tertiary/aromatic N) is 3. The summed E-state index contributed by atoms with van der Waals surface area (Å²) in [6.45, 7) is 1.73. The van der Waals surface area contributed by atoms with Gasteiger partial charge in [-0.3, -0.25) is 4.79 Å². The van der Waals surface area contributed by atoms with Gasteiger partial charge < -0.3 is 10.2 Å². The molecule has 9 heteroatoms. The second-order valence-electron chi connectivity index (χ2n) is 3.81. The third-order valence-electron chi connectivity index (χ3n) is 2.42. The van der Waals surface area contributed by atoms with E-state index in [1.54, 1.807) is 6.92 Å². The number of carbonyl (C=O) groups is 1. The summed E-state index contributed by atoms with van der Waals surface area (Å²) in [5.74, 6) is -0.992. The molecule has 0 aliphatic rings. The topological polar surface area (TPSA) is 94.9 Å². The Kier molecular flexibility index (Phi) is 3.43. The van der Waals surface area contributed by atoms with E-state index in [9.17, 15) is 18.0 Å². The van der Waals surface area contributed by atoms with Crippen LogP contribution in [0.25, 0.3) is 11.6 Å². The lowest BCUT2D eigenvalue weighted by Gasteiger charge is -2.08. The fourth-order valence-electron chi connectivity index (χ4n) is 1.47. The first-order valence-electron chi connectivity index (χ1n) is 5.53. The first kappa shape index (κ1) is 14.0. The Morgan fingerprint density at radius 2 is 2.05 bits per heavy atom. The Morgan fingerprint density at radius 1 is 1.35 bits per heavy atom. The zero-order valence-electron chi connectivity index (χ0n) is 10.2. The number of rotatable bonds is 3. The van der Waals surface area contributed by atoms with Crippen LogP contribution >= 0.6 is 0 Å². The fraction of sp³-hybridized carbons (Fsp3) is 0.273. The molecule has 20 heavy (non-hydrogen) atoms. The smallest absolute Gasteiger partial charge is 0.419 e. The van der Waals surface area contributed by atoms with Crippen LogP contribution in [0.15, 0.2) is 16.5 Å². The van der Waals surface area contributed by atoms with Gasteiger partial charge in [-0.05, 0) is 12.1 Å². The lowest BCUT2D eigenvalue weighted by molar-refractivity contribution is -0.141. The van der Waals surface area contributed by atoms with Gasteiger partial charge in [-0.2, -0.15) is 13.2 Å². The summed E-state index contributed by atoms with van der Waals surface area (Å²) in [4.78, 5) is 14.6. The lowest BCUT2D eigenvalue weighted by Crippen LogP contribution is -2.16. The van der Waals surface area contributed by atoms with Crippen molar-refractivity contribution in [3.63, 3.8) is 0 Å². The highest BCUT2D eigenvalue weighted by Crippen LogP contribution is 2.30. The van der Waals surface area contributed by atoms with Crippen molar-refractivity contribution in [2.24, 2.45) is 5.73 Å². The van der Waals surface area contributed by atoms with Crippen LogP contribution in [-0.4, -0.2) is 21.1 Å². The summed E-state index contributed by atoms with van der Waals surface area (Å²) in [5.41, 5.74) is 3.33. The maximum absolute atomic E-state index is 12.6. The second kappa shape index (κ2) is 4.91. The average molecular weight is 286 g/mol. The van der Waals surface area contributed by atoms with E-state index in [1.165, 1.54) is 0 Å². The van der Waals surface area contributed by atoms with Crippen molar-refractivity contribution in [3.05, 3.63) is 29.3 Å². The highest BCUT2D eigenvalue weighted by Gasteiger charge is 2.34. The molecule has 2 rings (SSSR count). The first-order chi connectivity index (χ1) is 9.32. The van der Waals surface area contributed by atoms with E-state index >= 15 is 0 Å². The molecular formula is C11H9F3N4O2. The molecule has 0 aliphatic heterocycles. The van der Waals surface area contributed by atoms with E-state index in [0.29, 0.717) is 12.5 Å². The zero-order chi connectivity index (χ0) is 14.9. The van der Waals surface area contributed by atoms with E-state index in [0.717, 1.165) is 6.07 Å². The van der Waals surface area contributed by atoms with Crippen LogP contribution in [-0.2, 0) is 12.6 Å². The average Bonchev–Trinajstić information content (AvgIpc) is 2.85. The number of hydrogen-bond donors (Lipinski definition) is 1. The van der Waals surface area contributed by atoms with Crippen molar-refractivity contribution < 1.29 is 22.4 Å². The monoisotopic (exact) mass is 286 g/mol. The standard InChI is InChI=1S/C11H9F3N4O2/c1-2-7-17-18-10(20-7)8-5(9(15)19)3-4-6(16-8)11(12,13)14/h3-4H,2H2,1H3,(H2,15,19). The summed E-state index contributed by atoms with van der Waals surface area (Å²) in [5, 5.41) is 7.18. The predicted octanol–water partition coefficient (Wildman–Crippen LogP) is 1.81. The van der Waals surface area contributed by atoms with E-state index in [4.69, 9.17) is 10.2 Å². The molecule has 0 atom stereocenters. The SMILES string of the molecule is CCc1nnc(-c2nc(C(F)(F)F)ccc2C(N)=O)o1. The molecule has 0 aliphatic carbocycles. The van der Waals surface area contributed by atoms with Gasteiger partial charge in [0.1, 0.15) is 11.4 Å². The third-order valence-corrected chi connectivity index (χ3v) is 2.42. The highest BCUT2D eigenvalue weighted by molar-refractivity contribution is 5.97. The van der Waals surface area contributed by atoms with E-state index in [1.807, 2.05) is 0 Å². The van der Waals surface area contributed by atoms with Gasteiger partial charge in [0.25, 0.3) is 11.8 Å². The number of halogens is 3. The number of nitrogens with two attached hydrogens (primary N) is 1. The van der Waals surface area contributed by atoms with Crippen molar-refractivity contribution in [2.75, 3.05) is 0 Å². The van der Waals surface area contributed by atoms with Crippen LogP contribution in [0, 0.1) is 0 Å². The van der Waals surface area contributed by atoms with Crippen molar-refractivity contribution in [1.82, 2.24) is 15.2 Å². The van der Waals surface area contributed by atoms with Crippen LogP contribution in [0.2, 0.25) is 0 Å². The number of amides is 1. The summed E-state index contributed by atoms with van der Waals surface area (Å²) in [6.07, 6.45) is -4.25. The molecule has 0 saturated carbocycles. The molecule has 2 aromatic heterocycles. The molecule has 0 fully saturated rings. The molecule has 0 unspecified atom stereocenters. The summed E-state index contributed by atoms with van der Waals surface area (Å²) >= 11 is 0. The minimum Gasteiger partial charge on any atom is -0.419 e. The van der Waals surface area contributed by atoms with Gasteiger partial charge in [-0.1, -0.05) is 6.92 Å².